The quantitative estimate of drug-likeness (QED) is 0.135. The lowest BCUT2D eigenvalue weighted by Crippen LogP contribution is -2.47. The molecule has 2 amide bonds. The average molecular weight is 497 g/mol. The number of amides is 2. The van der Waals surface area contributed by atoms with Crippen LogP contribution < -0.4 is 10.6 Å². The molecule has 36 heavy (non-hydrogen) atoms. The van der Waals surface area contributed by atoms with Crippen molar-refractivity contribution in [3.05, 3.63) is 84.4 Å². The fraction of sp³-hybridized carbons (Fsp3) is 0.308. The Bertz CT molecular complexity index is 1000. The predicted molar refractivity (Wildman–Crippen MR) is 134 cm³/mol. The first kappa shape index (κ1) is 28.1. The smallest absolute Gasteiger partial charge is 0.416 e. The first-order chi connectivity index (χ1) is 17.4. The van der Waals surface area contributed by atoms with Gasteiger partial charge in [-0.3, -0.25) is 15.5 Å². The minimum absolute atomic E-state index is 0.00637. The van der Waals surface area contributed by atoms with Crippen LogP contribution in [0.2, 0.25) is 0 Å². The summed E-state index contributed by atoms with van der Waals surface area (Å²) in [5.74, 6) is -0.951. The molecule has 3 N–H and O–H groups in total. The number of esters is 1. The van der Waals surface area contributed by atoms with Gasteiger partial charge in [0, 0.05) is 13.1 Å². The number of hydrogen-bond acceptors (Lipinski definition) is 8. The van der Waals surface area contributed by atoms with E-state index in [1.165, 1.54) is 7.11 Å². The molecule has 0 spiro atoms. The Kier molecular flexibility index (Phi) is 12.2. The number of hydrogen-bond donors (Lipinski definition) is 3. The molecule has 2 aromatic rings. The topological polar surface area (TPSA) is 130 Å². The second kappa shape index (κ2) is 15.7. The maximum Gasteiger partial charge on any atom is 0.416 e. The van der Waals surface area contributed by atoms with Crippen LogP contribution in [0, 0.1) is 5.41 Å². The van der Waals surface area contributed by atoms with Crippen molar-refractivity contribution in [1.82, 2.24) is 15.5 Å². The minimum atomic E-state index is -0.884. The van der Waals surface area contributed by atoms with Gasteiger partial charge in [-0.1, -0.05) is 66.7 Å². The van der Waals surface area contributed by atoms with Crippen LogP contribution in [-0.2, 0) is 32.2 Å². The number of methoxy groups -OCH3 is 1. The minimum Gasteiger partial charge on any atom is -0.468 e. The standard InChI is InChI=1S/C26H32N4O6/c1-3-16-28-22(23(31)34-2)15-10-17-30(26(33)36-19-21-13-8-5-9-14-21)24(27)29-25(32)35-18-20-11-6-4-7-12-20/h3-9,11-14,22,28H,1,10,15-19H2,2H3,(H2,27,29,32)/t22-/m0/s1. The van der Waals surface area contributed by atoms with Crippen LogP contribution in [0.5, 0.6) is 0 Å². The molecule has 0 radical (unpaired) electrons. The monoisotopic (exact) mass is 496 g/mol. The Labute approximate surface area is 210 Å². The number of carbonyl (C=O) groups is 3. The van der Waals surface area contributed by atoms with E-state index >= 15 is 0 Å². The molecule has 0 aliphatic carbocycles. The Morgan fingerprint density at radius 1 is 1.00 bits per heavy atom. The van der Waals surface area contributed by atoms with Crippen molar-refractivity contribution in [3.8, 4) is 0 Å². The fourth-order valence-electron chi connectivity index (χ4n) is 3.14. The van der Waals surface area contributed by atoms with Crippen LogP contribution in [0.1, 0.15) is 24.0 Å². The molecule has 0 heterocycles. The van der Waals surface area contributed by atoms with Gasteiger partial charge in [0.05, 0.1) is 7.11 Å². The molecular weight excluding hydrogens is 464 g/mol. The van der Waals surface area contributed by atoms with Gasteiger partial charge in [0.2, 0.25) is 5.96 Å². The van der Waals surface area contributed by atoms with E-state index in [0.717, 1.165) is 16.0 Å². The van der Waals surface area contributed by atoms with Crippen LogP contribution in [-0.4, -0.2) is 55.3 Å². The third-order valence-electron chi connectivity index (χ3n) is 5.00. The van der Waals surface area contributed by atoms with Crippen molar-refractivity contribution in [2.75, 3.05) is 20.2 Å². The lowest BCUT2D eigenvalue weighted by Gasteiger charge is -2.23. The highest BCUT2D eigenvalue weighted by Gasteiger charge is 2.24. The summed E-state index contributed by atoms with van der Waals surface area (Å²) >= 11 is 0. The first-order valence-electron chi connectivity index (χ1n) is 11.4. The van der Waals surface area contributed by atoms with Gasteiger partial charge in [-0.05, 0) is 24.0 Å². The van der Waals surface area contributed by atoms with Crippen molar-refractivity contribution in [2.24, 2.45) is 0 Å². The van der Waals surface area contributed by atoms with Crippen LogP contribution in [0.4, 0.5) is 9.59 Å². The second-order valence-electron chi connectivity index (χ2n) is 7.64. The summed E-state index contributed by atoms with van der Waals surface area (Å²) in [5.41, 5.74) is 1.55. The van der Waals surface area contributed by atoms with Crippen molar-refractivity contribution in [1.29, 1.82) is 5.41 Å². The van der Waals surface area contributed by atoms with Crippen molar-refractivity contribution in [2.45, 2.75) is 32.1 Å². The Morgan fingerprint density at radius 3 is 2.14 bits per heavy atom. The highest BCUT2D eigenvalue weighted by Crippen LogP contribution is 2.08. The van der Waals surface area contributed by atoms with E-state index in [0.29, 0.717) is 19.4 Å². The van der Waals surface area contributed by atoms with E-state index in [9.17, 15) is 14.4 Å². The Balaban J connectivity index is 1.99. The van der Waals surface area contributed by atoms with E-state index in [1.807, 2.05) is 36.4 Å². The number of ether oxygens (including phenoxy) is 3. The number of guanidine groups is 1. The molecule has 0 saturated heterocycles. The summed E-state index contributed by atoms with van der Waals surface area (Å²) in [6.45, 7) is 4.02. The van der Waals surface area contributed by atoms with Crippen LogP contribution >= 0.6 is 0 Å². The zero-order valence-corrected chi connectivity index (χ0v) is 20.3. The van der Waals surface area contributed by atoms with Crippen LogP contribution in [0.3, 0.4) is 0 Å². The maximum atomic E-state index is 12.8. The third kappa shape index (κ3) is 9.98. The number of alkyl carbamates (subject to hydrolysis) is 1. The maximum absolute atomic E-state index is 12.8. The molecule has 0 bridgehead atoms. The summed E-state index contributed by atoms with van der Waals surface area (Å²) in [4.78, 5) is 38.0. The molecule has 0 aromatic heterocycles. The third-order valence-corrected chi connectivity index (χ3v) is 5.00. The molecule has 192 valence electrons. The van der Waals surface area contributed by atoms with Gasteiger partial charge in [-0.25, -0.2) is 14.5 Å². The SMILES string of the molecule is C=CCN[C@@H](CCCN(C(=N)NC(=O)OCc1ccccc1)C(=O)OCc1ccccc1)C(=O)OC. The number of benzene rings is 2. The largest absolute Gasteiger partial charge is 0.468 e. The Hall–Kier alpha value is -4.18. The van der Waals surface area contributed by atoms with Gasteiger partial charge >= 0.3 is 18.2 Å². The molecule has 0 aliphatic rings. The molecule has 2 aromatic carbocycles. The zero-order chi connectivity index (χ0) is 26.2. The highest BCUT2D eigenvalue weighted by atomic mass is 16.6. The molecule has 2 rings (SSSR count). The van der Waals surface area contributed by atoms with E-state index in [1.54, 1.807) is 30.3 Å². The zero-order valence-electron chi connectivity index (χ0n) is 20.3. The second-order valence-corrected chi connectivity index (χ2v) is 7.64. The van der Waals surface area contributed by atoms with Gasteiger partial charge in [0.25, 0.3) is 0 Å². The molecule has 0 fully saturated rings. The summed E-state index contributed by atoms with van der Waals surface area (Å²) in [6.07, 6.45) is 0.539. The van der Waals surface area contributed by atoms with Crippen molar-refractivity contribution >= 4 is 24.1 Å². The molecule has 1 atom stereocenters. The lowest BCUT2D eigenvalue weighted by molar-refractivity contribution is -0.143. The summed E-state index contributed by atoms with van der Waals surface area (Å²) in [7, 11) is 1.29. The molecule has 0 saturated carbocycles. The molecule has 0 aliphatic heterocycles. The fourth-order valence-corrected chi connectivity index (χ4v) is 3.14. The molecular formula is C26H32N4O6. The number of rotatable bonds is 12. The number of nitrogens with zero attached hydrogens (tertiary/aromatic N) is 1. The molecule has 0 unspecified atom stereocenters. The summed E-state index contributed by atoms with van der Waals surface area (Å²) < 4.78 is 15.3. The molecule has 10 heteroatoms. The van der Waals surface area contributed by atoms with E-state index in [2.05, 4.69) is 17.2 Å². The Morgan fingerprint density at radius 2 is 1.58 bits per heavy atom. The van der Waals surface area contributed by atoms with E-state index < -0.39 is 30.2 Å². The van der Waals surface area contributed by atoms with Gasteiger partial charge in [0.15, 0.2) is 0 Å². The van der Waals surface area contributed by atoms with Gasteiger partial charge in [-0.15, -0.1) is 6.58 Å². The number of nitrogens with one attached hydrogen (secondary N) is 3. The van der Waals surface area contributed by atoms with E-state index in [-0.39, 0.29) is 19.8 Å². The normalized spacial score (nSPS) is 11.0. The number of carbonyl (C=O) groups excluding carboxylic acids is 3. The first-order valence-corrected chi connectivity index (χ1v) is 11.4. The van der Waals surface area contributed by atoms with Crippen molar-refractivity contribution in [3.63, 3.8) is 0 Å². The van der Waals surface area contributed by atoms with Crippen molar-refractivity contribution < 1.29 is 28.6 Å². The summed E-state index contributed by atoms with van der Waals surface area (Å²) in [6, 6.07) is 17.5. The van der Waals surface area contributed by atoms with Gasteiger partial charge < -0.3 is 19.5 Å². The average Bonchev–Trinajstić information content (AvgIpc) is 2.90. The van der Waals surface area contributed by atoms with Crippen LogP contribution in [0.15, 0.2) is 73.3 Å². The van der Waals surface area contributed by atoms with Gasteiger partial charge in [-0.2, -0.15) is 0 Å². The highest BCUT2D eigenvalue weighted by molar-refractivity contribution is 5.99. The lowest BCUT2D eigenvalue weighted by atomic mass is 10.1. The summed E-state index contributed by atoms with van der Waals surface area (Å²) in [5, 5.41) is 13.5. The predicted octanol–water partition coefficient (Wildman–Crippen LogP) is 3.58. The van der Waals surface area contributed by atoms with E-state index in [4.69, 9.17) is 19.6 Å². The van der Waals surface area contributed by atoms with Crippen LogP contribution in [0.25, 0.3) is 0 Å². The van der Waals surface area contributed by atoms with Gasteiger partial charge in [0.1, 0.15) is 19.3 Å². The molecule has 10 nitrogen and oxygen atoms in total.